The molecule has 3 aromatic rings. The number of anilines is 1. The van der Waals surface area contributed by atoms with E-state index < -0.39 is 23.8 Å². The van der Waals surface area contributed by atoms with Crippen molar-refractivity contribution in [1.29, 1.82) is 0 Å². The predicted octanol–water partition coefficient (Wildman–Crippen LogP) is 1.42. The second-order valence-electron chi connectivity index (χ2n) is 6.81. The Balaban J connectivity index is 1.31. The summed E-state index contributed by atoms with van der Waals surface area (Å²) in [7, 11) is 0. The fraction of sp³-hybridized carbons (Fsp3) is 0.190. The van der Waals surface area contributed by atoms with Gasteiger partial charge in [0.15, 0.2) is 5.82 Å². The van der Waals surface area contributed by atoms with Crippen molar-refractivity contribution in [2.24, 2.45) is 0 Å². The summed E-state index contributed by atoms with van der Waals surface area (Å²) in [6.45, 7) is 0.0309. The Labute approximate surface area is 171 Å². The molecular weight excluding hydrogens is 386 g/mol. The zero-order chi connectivity index (χ0) is 20.9. The van der Waals surface area contributed by atoms with Gasteiger partial charge in [0.2, 0.25) is 17.7 Å². The molecule has 0 saturated heterocycles. The van der Waals surface area contributed by atoms with Crippen molar-refractivity contribution < 1.29 is 18.9 Å². The van der Waals surface area contributed by atoms with Crippen LogP contribution in [0, 0.1) is 0 Å². The second kappa shape index (κ2) is 8.56. The van der Waals surface area contributed by atoms with Gasteiger partial charge in [0.25, 0.3) is 5.91 Å². The lowest BCUT2D eigenvalue weighted by Gasteiger charge is -2.13. The second-order valence-corrected chi connectivity index (χ2v) is 6.81. The number of hydrogen-bond donors (Lipinski definition) is 3. The molecule has 1 aliphatic rings. The van der Waals surface area contributed by atoms with Crippen molar-refractivity contribution >= 4 is 23.4 Å². The molecule has 0 radical (unpaired) electrons. The van der Waals surface area contributed by atoms with Crippen molar-refractivity contribution in [3.8, 4) is 0 Å². The van der Waals surface area contributed by atoms with Crippen molar-refractivity contribution in [2.45, 2.75) is 25.4 Å². The van der Waals surface area contributed by atoms with Gasteiger partial charge in [0.1, 0.15) is 6.04 Å². The van der Waals surface area contributed by atoms with E-state index in [0.717, 1.165) is 5.56 Å². The lowest BCUT2D eigenvalue weighted by molar-refractivity contribution is -0.125. The van der Waals surface area contributed by atoms with E-state index in [0.29, 0.717) is 23.5 Å². The van der Waals surface area contributed by atoms with Crippen LogP contribution in [0.1, 0.15) is 34.1 Å². The summed E-state index contributed by atoms with van der Waals surface area (Å²) in [5.41, 5.74) is 1.82. The molecule has 2 aromatic carbocycles. The summed E-state index contributed by atoms with van der Waals surface area (Å²) in [6, 6.07) is 15.4. The molecule has 2 heterocycles. The molecule has 1 atom stereocenters. The normalized spacial score (nSPS) is 15.5. The van der Waals surface area contributed by atoms with Crippen molar-refractivity contribution in [3.63, 3.8) is 0 Å². The molecule has 1 aromatic heterocycles. The molecular formula is C21H19N5O4. The SMILES string of the molecule is O=C(C[C@H]1NC(=O)c2ccccc2NC1=O)NCc1nc(Cc2ccccc2)no1. The van der Waals surface area contributed by atoms with E-state index in [1.165, 1.54) is 0 Å². The average molecular weight is 405 g/mol. The largest absolute Gasteiger partial charge is 0.347 e. The van der Waals surface area contributed by atoms with Crippen molar-refractivity contribution in [1.82, 2.24) is 20.8 Å². The van der Waals surface area contributed by atoms with Crippen LogP contribution >= 0.6 is 0 Å². The quantitative estimate of drug-likeness (QED) is 0.569. The van der Waals surface area contributed by atoms with Gasteiger partial charge in [-0.3, -0.25) is 14.4 Å². The van der Waals surface area contributed by atoms with E-state index in [1.807, 2.05) is 30.3 Å². The first kappa shape index (κ1) is 19.3. The topological polar surface area (TPSA) is 126 Å². The van der Waals surface area contributed by atoms with Crippen LogP contribution in [0.5, 0.6) is 0 Å². The highest BCUT2D eigenvalue weighted by Crippen LogP contribution is 2.18. The number of para-hydroxylation sites is 1. The number of nitrogens with one attached hydrogen (secondary N) is 3. The van der Waals surface area contributed by atoms with Gasteiger partial charge in [0.05, 0.1) is 24.2 Å². The van der Waals surface area contributed by atoms with Gasteiger partial charge >= 0.3 is 0 Å². The number of fused-ring (bicyclic) bond motifs is 1. The van der Waals surface area contributed by atoms with Gasteiger partial charge in [-0.05, 0) is 17.7 Å². The molecule has 0 saturated carbocycles. The number of benzene rings is 2. The van der Waals surface area contributed by atoms with Gasteiger partial charge in [-0.25, -0.2) is 0 Å². The molecule has 0 unspecified atom stereocenters. The van der Waals surface area contributed by atoms with Crippen LogP contribution in [0.4, 0.5) is 5.69 Å². The van der Waals surface area contributed by atoms with Gasteiger partial charge in [-0.2, -0.15) is 4.98 Å². The molecule has 3 N–H and O–H groups in total. The fourth-order valence-corrected chi connectivity index (χ4v) is 3.10. The summed E-state index contributed by atoms with van der Waals surface area (Å²) >= 11 is 0. The molecule has 30 heavy (non-hydrogen) atoms. The van der Waals surface area contributed by atoms with E-state index in [-0.39, 0.29) is 18.9 Å². The first-order valence-electron chi connectivity index (χ1n) is 9.41. The maximum Gasteiger partial charge on any atom is 0.254 e. The average Bonchev–Trinajstić information content (AvgIpc) is 3.15. The van der Waals surface area contributed by atoms with E-state index >= 15 is 0 Å². The molecule has 9 heteroatoms. The van der Waals surface area contributed by atoms with Crippen LogP contribution in [0.15, 0.2) is 59.1 Å². The van der Waals surface area contributed by atoms with Crippen LogP contribution in [0.2, 0.25) is 0 Å². The smallest absolute Gasteiger partial charge is 0.254 e. The van der Waals surface area contributed by atoms with Crippen LogP contribution in [-0.2, 0) is 22.6 Å². The maximum atomic E-state index is 12.4. The minimum atomic E-state index is -0.985. The Bertz CT molecular complexity index is 1080. The van der Waals surface area contributed by atoms with Gasteiger partial charge in [0, 0.05) is 6.42 Å². The number of carbonyl (C=O) groups excluding carboxylic acids is 3. The predicted molar refractivity (Wildman–Crippen MR) is 106 cm³/mol. The molecule has 152 valence electrons. The number of hydrogen-bond acceptors (Lipinski definition) is 6. The summed E-state index contributed by atoms with van der Waals surface area (Å²) in [4.78, 5) is 41.2. The molecule has 0 fully saturated rings. The first-order chi connectivity index (χ1) is 14.6. The van der Waals surface area contributed by atoms with Gasteiger partial charge in [-0.1, -0.05) is 47.6 Å². The Morgan fingerprint density at radius 1 is 1.07 bits per heavy atom. The van der Waals surface area contributed by atoms with Gasteiger partial charge < -0.3 is 20.5 Å². The van der Waals surface area contributed by atoms with Crippen molar-refractivity contribution in [2.75, 3.05) is 5.32 Å². The molecule has 4 rings (SSSR count). The number of aromatic nitrogens is 2. The highest BCUT2D eigenvalue weighted by molar-refractivity contribution is 6.10. The number of carbonyl (C=O) groups is 3. The molecule has 0 aliphatic carbocycles. The lowest BCUT2D eigenvalue weighted by atomic mass is 10.1. The number of nitrogens with zero attached hydrogens (tertiary/aromatic N) is 2. The molecule has 3 amide bonds. The van der Waals surface area contributed by atoms with E-state index in [1.54, 1.807) is 24.3 Å². The Kier molecular flexibility index (Phi) is 5.51. The zero-order valence-corrected chi connectivity index (χ0v) is 15.9. The third-order valence-corrected chi connectivity index (χ3v) is 4.59. The standard InChI is InChI=1S/C21H19N5O4/c27-18(11-16-21(29)23-15-9-5-4-8-14(15)20(28)24-16)22-12-19-25-17(26-30-19)10-13-6-2-1-3-7-13/h1-9,16H,10-12H2,(H,22,27)(H,23,29)(H,24,28)/t16-/m1/s1. The summed E-state index contributed by atoms with van der Waals surface area (Å²) in [6.07, 6.45) is 0.309. The van der Waals surface area contributed by atoms with Crippen LogP contribution in [0.3, 0.4) is 0 Å². The van der Waals surface area contributed by atoms with Crippen LogP contribution in [0.25, 0.3) is 0 Å². The third kappa shape index (κ3) is 4.52. The monoisotopic (exact) mass is 405 g/mol. The van der Waals surface area contributed by atoms with E-state index in [9.17, 15) is 14.4 Å². The fourth-order valence-electron chi connectivity index (χ4n) is 3.10. The Morgan fingerprint density at radius 3 is 2.67 bits per heavy atom. The van der Waals surface area contributed by atoms with Crippen LogP contribution < -0.4 is 16.0 Å². The maximum absolute atomic E-state index is 12.4. The summed E-state index contributed by atoms with van der Waals surface area (Å²) < 4.78 is 5.15. The minimum absolute atomic E-state index is 0.0309. The van der Waals surface area contributed by atoms with E-state index in [4.69, 9.17) is 4.52 Å². The highest BCUT2D eigenvalue weighted by atomic mass is 16.5. The molecule has 9 nitrogen and oxygen atoms in total. The summed E-state index contributed by atoms with van der Waals surface area (Å²) in [5.74, 6) is -0.519. The Hall–Kier alpha value is -4.01. The van der Waals surface area contributed by atoms with Crippen molar-refractivity contribution in [3.05, 3.63) is 77.4 Å². The molecule has 0 spiro atoms. The lowest BCUT2D eigenvalue weighted by Crippen LogP contribution is -2.44. The van der Waals surface area contributed by atoms with Crippen LogP contribution in [-0.4, -0.2) is 33.9 Å². The van der Waals surface area contributed by atoms with E-state index in [2.05, 4.69) is 26.1 Å². The number of rotatable bonds is 6. The minimum Gasteiger partial charge on any atom is -0.347 e. The Morgan fingerprint density at radius 2 is 1.83 bits per heavy atom. The first-order valence-corrected chi connectivity index (χ1v) is 9.41. The highest BCUT2D eigenvalue weighted by Gasteiger charge is 2.29. The molecule has 0 bridgehead atoms. The summed E-state index contributed by atoms with van der Waals surface area (Å²) in [5, 5.41) is 11.8. The van der Waals surface area contributed by atoms with Gasteiger partial charge in [-0.15, -0.1) is 0 Å². The third-order valence-electron chi connectivity index (χ3n) is 4.59. The number of amides is 3. The molecule has 1 aliphatic heterocycles. The zero-order valence-electron chi connectivity index (χ0n) is 15.9.